The van der Waals surface area contributed by atoms with Crippen molar-refractivity contribution in [2.75, 3.05) is 0 Å². The van der Waals surface area contributed by atoms with Crippen LogP contribution in [0.4, 0.5) is 0 Å². The Labute approximate surface area is 145 Å². The number of fused-ring (bicyclic) bond motifs is 1. The first-order chi connectivity index (χ1) is 10.8. The highest BCUT2D eigenvalue weighted by atomic mass is 79.9. The first kappa shape index (κ1) is 16.1. The Bertz CT molecular complexity index is 738. The van der Waals surface area contributed by atoms with Crippen LogP contribution in [-0.2, 0) is 0 Å². The number of rotatable bonds is 2. The molecule has 1 aliphatic heterocycles. The molecule has 3 nitrogen and oxygen atoms in total. The largest absolute Gasteiger partial charge is 0.487 e. The van der Waals surface area contributed by atoms with Gasteiger partial charge >= 0.3 is 0 Å². The number of aryl methyl sites for hydroxylation is 1. The summed E-state index contributed by atoms with van der Waals surface area (Å²) in [6, 6.07) is 13.5. The number of ether oxygens (including phenoxy) is 1. The van der Waals surface area contributed by atoms with Gasteiger partial charge in [-0.15, -0.1) is 0 Å². The fourth-order valence-electron chi connectivity index (χ4n) is 2.95. The summed E-state index contributed by atoms with van der Waals surface area (Å²) in [6.45, 7) is 6.15. The number of hydrogen-bond donors (Lipinski definition) is 1. The van der Waals surface area contributed by atoms with Crippen LogP contribution in [0.25, 0.3) is 0 Å². The molecule has 1 atom stereocenters. The third-order valence-corrected chi connectivity index (χ3v) is 4.56. The zero-order valence-corrected chi connectivity index (χ0v) is 15.1. The second-order valence-corrected chi connectivity index (χ2v) is 7.56. The van der Waals surface area contributed by atoms with E-state index >= 15 is 0 Å². The molecule has 3 rings (SSSR count). The van der Waals surface area contributed by atoms with Gasteiger partial charge in [-0.25, -0.2) is 0 Å². The monoisotopic (exact) mass is 373 g/mol. The van der Waals surface area contributed by atoms with Gasteiger partial charge in [0.2, 0.25) is 0 Å². The average Bonchev–Trinajstić information content (AvgIpc) is 2.48. The van der Waals surface area contributed by atoms with E-state index in [0.29, 0.717) is 5.56 Å². The summed E-state index contributed by atoms with van der Waals surface area (Å²) in [7, 11) is 0. The third-order valence-electron chi connectivity index (χ3n) is 4.03. The molecule has 0 aliphatic carbocycles. The van der Waals surface area contributed by atoms with E-state index < -0.39 is 0 Å². The summed E-state index contributed by atoms with van der Waals surface area (Å²) in [6.07, 6.45) is 0.742. The Morgan fingerprint density at radius 2 is 1.91 bits per heavy atom. The van der Waals surface area contributed by atoms with E-state index in [-0.39, 0.29) is 17.6 Å². The molecule has 0 unspecified atom stereocenters. The van der Waals surface area contributed by atoms with Gasteiger partial charge in [-0.05, 0) is 51.1 Å². The molecule has 0 radical (unpaired) electrons. The molecule has 2 aromatic rings. The summed E-state index contributed by atoms with van der Waals surface area (Å²) in [5, 5.41) is 3.16. The van der Waals surface area contributed by atoms with Crippen molar-refractivity contribution in [2.45, 2.75) is 38.8 Å². The second-order valence-electron chi connectivity index (χ2n) is 6.64. The number of carbonyl (C=O) groups is 1. The number of nitrogens with one attached hydrogen (secondary N) is 1. The Morgan fingerprint density at radius 3 is 2.61 bits per heavy atom. The van der Waals surface area contributed by atoms with E-state index in [1.807, 2.05) is 43.3 Å². The van der Waals surface area contributed by atoms with E-state index in [4.69, 9.17) is 4.74 Å². The van der Waals surface area contributed by atoms with E-state index in [1.165, 1.54) is 0 Å². The maximum absolute atomic E-state index is 12.6. The molecule has 23 heavy (non-hydrogen) atoms. The van der Waals surface area contributed by atoms with Gasteiger partial charge in [0.15, 0.2) is 0 Å². The van der Waals surface area contributed by atoms with Crippen molar-refractivity contribution in [1.29, 1.82) is 0 Å². The smallest absolute Gasteiger partial charge is 0.251 e. The van der Waals surface area contributed by atoms with Crippen LogP contribution in [0.3, 0.4) is 0 Å². The average molecular weight is 374 g/mol. The number of halogens is 1. The molecule has 0 bridgehead atoms. The van der Waals surface area contributed by atoms with Crippen molar-refractivity contribution in [2.24, 2.45) is 0 Å². The zero-order valence-electron chi connectivity index (χ0n) is 13.5. The van der Waals surface area contributed by atoms with Gasteiger partial charge in [-0.3, -0.25) is 4.79 Å². The van der Waals surface area contributed by atoms with Crippen molar-refractivity contribution in [3.8, 4) is 5.75 Å². The molecule has 1 N–H and O–H groups in total. The van der Waals surface area contributed by atoms with Gasteiger partial charge in [0, 0.05) is 22.0 Å². The van der Waals surface area contributed by atoms with Crippen molar-refractivity contribution in [3.63, 3.8) is 0 Å². The maximum atomic E-state index is 12.6. The van der Waals surface area contributed by atoms with Gasteiger partial charge in [0.1, 0.15) is 11.4 Å². The van der Waals surface area contributed by atoms with E-state index in [2.05, 4.69) is 41.2 Å². The number of carbonyl (C=O) groups excluding carboxylic acids is 1. The highest BCUT2D eigenvalue weighted by Crippen LogP contribution is 2.39. The zero-order chi connectivity index (χ0) is 16.6. The van der Waals surface area contributed by atoms with E-state index in [1.54, 1.807) is 0 Å². The molecular weight excluding hydrogens is 354 g/mol. The minimum Gasteiger partial charge on any atom is -0.487 e. The van der Waals surface area contributed by atoms with Crippen molar-refractivity contribution in [3.05, 3.63) is 63.6 Å². The number of amides is 1. The quantitative estimate of drug-likeness (QED) is 0.821. The van der Waals surface area contributed by atoms with Crippen LogP contribution in [0, 0.1) is 6.92 Å². The Kier molecular flexibility index (Phi) is 4.19. The summed E-state index contributed by atoms with van der Waals surface area (Å²) in [5.74, 6) is 0.792. The van der Waals surface area contributed by atoms with Crippen LogP contribution < -0.4 is 10.1 Å². The van der Waals surface area contributed by atoms with Gasteiger partial charge in [-0.2, -0.15) is 0 Å². The van der Waals surface area contributed by atoms with Gasteiger partial charge in [0.05, 0.1) is 6.04 Å². The first-order valence-corrected chi connectivity index (χ1v) is 8.49. The molecular formula is C19H20BrNO2. The molecule has 1 heterocycles. The molecule has 0 saturated heterocycles. The van der Waals surface area contributed by atoms with Gasteiger partial charge in [0.25, 0.3) is 5.91 Å². The minimum absolute atomic E-state index is 0.0511. The lowest BCUT2D eigenvalue weighted by atomic mass is 9.88. The third kappa shape index (κ3) is 3.58. The predicted octanol–water partition coefficient (Wildman–Crippen LogP) is 4.79. The molecule has 0 aromatic heterocycles. The fraction of sp³-hybridized carbons (Fsp3) is 0.316. The summed E-state index contributed by atoms with van der Waals surface area (Å²) < 4.78 is 7.01. The molecule has 1 aliphatic rings. The molecule has 2 aromatic carbocycles. The van der Waals surface area contributed by atoms with Crippen LogP contribution in [-0.4, -0.2) is 11.5 Å². The van der Waals surface area contributed by atoms with E-state index in [9.17, 15) is 4.79 Å². The van der Waals surface area contributed by atoms with E-state index in [0.717, 1.165) is 27.8 Å². The summed E-state index contributed by atoms with van der Waals surface area (Å²) in [4.78, 5) is 12.6. The Morgan fingerprint density at radius 1 is 1.22 bits per heavy atom. The SMILES string of the molecule is Cc1ccc2c(c1)[C@H](NC(=O)c1ccc(Br)cc1)CC(C)(C)O2. The molecule has 0 fully saturated rings. The van der Waals surface area contributed by atoms with Crippen LogP contribution in [0.2, 0.25) is 0 Å². The summed E-state index contributed by atoms with van der Waals surface area (Å²) in [5.41, 5.74) is 2.57. The molecule has 0 saturated carbocycles. The number of hydrogen-bond acceptors (Lipinski definition) is 2. The lowest BCUT2D eigenvalue weighted by Gasteiger charge is -2.38. The highest BCUT2D eigenvalue weighted by Gasteiger charge is 2.34. The molecule has 4 heteroatoms. The standard InChI is InChI=1S/C19H20BrNO2/c1-12-4-9-17-15(10-12)16(11-19(2,3)23-17)21-18(22)13-5-7-14(20)8-6-13/h4-10,16H,11H2,1-3H3,(H,21,22)/t16-/m1/s1. The van der Waals surface area contributed by atoms with Crippen molar-refractivity contribution >= 4 is 21.8 Å². The van der Waals surface area contributed by atoms with Crippen molar-refractivity contribution in [1.82, 2.24) is 5.32 Å². The fourth-order valence-corrected chi connectivity index (χ4v) is 3.21. The van der Waals surface area contributed by atoms with Gasteiger partial charge in [-0.1, -0.05) is 33.6 Å². The molecule has 1 amide bonds. The lowest BCUT2D eigenvalue weighted by molar-refractivity contribution is 0.0619. The molecule has 120 valence electrons. The van der Waals surface area contributed by atoms with Crippen LogP contribution in [0.15, 0.2) is 46.9 Å². The van der Waals surface area contributed by atoms with Crippen LogP contribution in [0.5, 0.6) is 5.75 Å². The topological polar surface area (TPSA) is 38.3 Å². The Balaban J connectivity index is 1.88. The normalized spacial score (nSPS) is 18.7. The minimum atomic E-state index is -0.306. The van der Waals surface area contributed by atoms with Crippen LogP contribution in [0.1, 0.15) is 47.8 Å². The van der Waals surface area contributed by atoms with Crippen molar-refractivity contribution < 1.29 is 9.53 Å². The maximum Gasteiger partial charge on any atom is 0.251 e. The molecule has 0 spiro atoms. The Hall–Kier alpha value is -1.81. The van der Waals surface area contributed by atoms with Crippen LogP contribution >= 0.6 is 15.9 Å². The summed E-state index contributed by atoms with van der Waals surface area (Å²) >= 11 is 3.39. The highest BCUT2D eigenvalue weighted by molar-refractivity contribution is 9.10. The van der Waals surface area contributed by atoms with Gasteiger partial charge < -0.3 is 10.1 Å². The predicted molar refractivity (Wildman–Crippen MR) is 94.9 cm³/mol. The second kappa shape index (κ2) is 6.00. The number of benzene rings is 2. The lowest BCUT2D eigenvalue weighted by Crippen LogP contribution is -2.41. The first-order valence-electron chi connectivity index (χ1n) is 7.70.